The van der Waals surface area contributed by atoms with Crippen LogP contribution in [0.3, 0.4) is 0 Å². The van der Waals surface area contributed by atoms with Gasteiger partial charge in [0.15, 0.2) is 11.5 Å². The Hall–Kier alpha value is -1.62. The number of methoxy groups -OCH3 is 2. The second kappa shape index (κ2) is 3.19. The predicted octanol–water partition coefficient (Wildman–Crippen LogP) is 1.93. The largest absolute Gasteiger partial charge is 0.493 e. The van der Waals surface area contributed by atoms with E-state index in [1.54, 1.807) is 14.2 Å². The first-order valence-electron chi connectivity index (χ1n) is 3.46. The van der Waals surface area contributed by atoms with E-state index in [9.17, 15) is 0 Å². The highest BCUT2D eigenvalue weighted by atomic mass is 16.5. The van der Waals surface area contributed by atoms with Crippen LogP contribution in [-0.2, 0) is 0 Å². The predicted molar refractivity (Wildman–Crippen MR) is 48.4 cm³/mol. The van der Waals surface area contributed by atoms with Crippen LogP contribution in [-0.4, -0.2) is 14.2 Å². The van der Waals surface area contributed by atoms with Crippen LogP contribution < -0.4 is 9.47 Å². The number of ether oxygens (including phenoxy) is 2. The molecule has 0 saturated carbocycles. The van der Waals surface area contributed by atoms with Gasteiger partial charge in [0.05, 0.1) is 14.2 Å². The molecule has 2 aliphatic rings. The van der Waals surface area contributed by atoms with E-state index in [1.807, 2.05) is 6.07 Å². The van der Waals surface area contributed by atoms with Crippen molar-refractivity contribution in [3.63, 3.8) is 0 Å². The molecule has 0 bridgehead atoms. The van der Waals surface area contributed by atoms with E-state index in [-0.39, 0.29) is 0 Å². The van der Waals surface area contributed by atoms with Crippen molar-refractivity contribution in [3.05, 3.63) is 12.1 Å². The van der Waals surface area contributed by atoms with Crippen molar-refractivity contribution < 1.29 is 9.47 Å². The summed E-state index contributed by atoms with van der Waals surface area (Å²) in [5, 5.41) is 0. The minimum absolute atomic E-state index is 0.843. The van der Waals surface area contributed by atoms with E-state index in [2.05, 4.69) is 18.9 Å². The highest BCUT2D eigenvalue weighted by molar-refractivity contribution is 5.91. The lowest BCUT2D eigenvalue weighted by Crippen LogP contribution is -1.85. The molecule has 0 atom stereocenters. The van der Waals surface area contributed by atoms with Gasteiger partial charge in [-0.1, -0.05) is 0 Å². The maximum Gasteiger partial charge on any atom is 0.168 e. The summed E-state index contributed by atoms with van der Waals surface area (Å²) in [4.78, 5) is 0. The van der Waals surface area contributed by atoms with Gasteiger partial charge in [-0.2, -0.15) is 0 Å². The van der Waals surface area contributed by atoms with Gasteiger partial charge in [0.25, 0.3) is 0 Å². The summed E-state index contributed by atoms with van der Waals surface area (Å²) in [5.74, 6) is 1.72. The molecule has 0 aromatic carbocycles. The van der Waals surface area contributed by atoms with Crippen LogP contribution in [0.2, 0.25) is 0 Å². The number of rotatable bonds is 2. The van der Waals surface area contributed by atoms with Crippen molar-refractivity contribution in [2.45, 2.75) is 0 Å². The van der Waals surface area contributed by atoms with Crippen molar-refractivity contribution in [3.8, 4) is 35.5 Å². The number of hydrogen-bond acceptors (Lipinski definition) is 2. The van der Waals surface area contributed by atoms with Crippen molar-refractivity contribution in [1.29, 1.82) is 0 Å². The lowest BCUT2D eigenvalue weighted by molar-refractivity contribution is 0.359. The fraction of sp³-hybridized carbons (Fsp3) is 0.200. The Balaban J connectivity index is 0.000000336. The molecule has 0 amide bonds. The minimum atomic E-state index is 0.843. The molecule has 0 N–H and O–H groups in total. The number of terminal acetylenes is 1. The van der Waals surface area contributed by atoms with Crippen molar-refractivity contribution in [1.82, 2.24) is 0 Å². The Morgan fingerprint density at radius 2 is 1.75 bits per heavy atom. The van der Waals surface area contributed by atoms with Gasteiger partial charge in [0.2, 0.25) is 0 Å². The average Bonchev–Trinajstić information content (AvgIpc) is 2.81. The van der Waals surface area contributed by atoms with Crippen molar-refractivity contribution >= 4 is 0 Å². The second-order valence-corrected chi connectivity index (χ2v) is 2.26. The second-order valence-electron chi connectivity index (χ2n) is 2.26. The summed E-state index contributed by atoms with van der Waals surface area (Å²) in [6.07, 6.45) is 8.00. The molecule has 0 aliphatic heterocycles. The third kappa shape index (κ3) is 1.10. The van der Waals surface area contributed by atoms with Gasteiger partial charge in [0, 0.05) is 5.56 Å². The third-order valence-electron chi connectivity index (χ3n) is 1.71. The zero-order chi connectivity index (χ0) is 9.14. The molecule has 2 nitrogen and oxygen atoms in total. The number of hydrogen-bond donors (Lipinski definition) is 0. The van der Waals surface area contributed by atoms with Gasteiger partial charge >= 0.3 is 0 Å². The molecule has 0 spiro atoms. The summed E-state index contributed by atoms with van der Waals surface area (Å²) >= 11 is 0. The van der Waals surface area contributed by atoms with Crippen LogP contribution >= 0.6 is 0 Å². The molecule has 0 unspecified atom stereocenters. The van der Waals surface area contributed by atoms with Crippen molar-refractivity contribution in [2.75, 3.05) is 14.2 Å². The summed E-state index contributed by atoms with van der Waals surface area (Å²) in [7, 11) is 3.31. The van der Waals surface area contributed by atoms with Gasteiger partial charge in [-0.15, -0.1) is 12.8 Å². The standard InChI is InChI=1S/C8H8O2.C2H2/c1-9-7-4-5-3-6(5)8(7)10-2;1-2/h3-4H,1-2H3;1-2H. The van der Waals surface area contributed by atoms with Crippen molar-refractivity contribution in [2.24, 2.45) is 0 Å². The number of fused-ring (bicyclic) bond motifs is 1. The van der Waals surface area contributed by atoms with E-state index in [1.165, 1.54) is 11.1 Å². The van der Waals surface area contributed by atoms with Gasteiger partial charge in [-0.25, -0.2) is 0 Å². The van der Waals surface area contributed by atoms with Crippen LogP contribution in [0.25, 0.3) is 11.1 Å². The molecule has 12 heavy (non-hydrogen) atoms. The Morgan fingerprint density at radius 1 is 1.08 bits per heavy atom. The molecule has 0 saturated heterocycles. The van der Waals surface area contributed by atoms with E-state index in [0.29, 0.717) is 0 Å². The van der Waals surface area contributed by atoms with Crippen LogP contribution in [0.1, 0.15) is 0 Å². The molecule has 0 aromatic rings. The smallest absolute Gasteiger partial charge is 0.168 e. The molecule has 0 radical (unpaired) electrons. The maximum absolute atomic E-state index is 5.10. The van der Waals surface area contributed by atoms with Gasteiger partial charge in [-0.3, -0.25) is 0 Å². The van der Waals surface area contributed by atoms with E-state index < -0.39 is 0 Å². The molecular weight excluding hydrogens is 152 g/mol. The Labute approximate surface area is 72.1 Å². The zero-order valence-corrected chi connectivity index (χ0v) is 7.13. The zero-order valence-electron chi connectivity index (χ0n) is 7.13. The topological polar surface area (TPSA) is 18.5 Å². The van der Waals surface area contributed by atoms with Crippen LogP contribution in [0.5, 0.6) is 11.5 Å². The molecule has 0 fully saturated rings. The monoisotopic (exact) mass is 162 g/mol. The summed E-state index contributed by atoms with van der Waals surface area (Å²) in [5.41, 5.74) is 2.44. The average molecular weight is 162 g/mol. The maximum atomic E-state index is 5.10. The normalized spacial score (nSPS) is 9.33. The summed E-state index contributed by atoms with van der Waals surface area (Å²) in [6.45, 7) is 0. The van der Waals surface area contributed by atoms with Gasteiger partial charge in [-0.05, 0) is 17.7 Å². The van der Waals surface area contributed by atoms with Gasteiger partial charge in [0.1, 0.15) is 0 Å². The molecular formula is C10H10O2. The fourth-order valence-electron chi connectivity index (χ4n) is 1.14. The SMILES string of the molecule is C#C.COc1cc2cc-2c1OC. The highest BCUT2D eigenvalue weighted by Gasteiger charge is 2.23. The van der Waals surface area contributed by atoms with Crippen LogP contribution in [0, 0.1) is 12.8 Å². The Morgan fingerprint density at radius 3 is 2.17 bits per heavy atom. The molecule has 2 heteroatoms. The molecule has 62 valence electrons. The molecule has 2 aliphatic carbocycles. The van der Waals surface area contributed by atoms with Crippen LogP contribution in [0.15, 0.2) is 12.1 Å². The quantitative estimate of drug-likeness (QED) is 0.628. The lowest BCUT2D eigenvalue weighted by atomic mass is 10.5. The van der Waals surface area contributed by atoms with Crippen LogP contribution in [0.4, 0.5) is 0 Å². The summed E-state index contributed by atoms with van der Waals surface area (Å²) < 4.78 is 10.2. The third-order valence-corrected chi connectivity index (χ3v) is 1.71. The fourth-order valence-corrected chi connectivity index (χ4v) is 1.14. The Kier molecular flexibility index (Phi) is 2.25. The minimum Gasteiger partial charge on any atom is -0.493 e. The first-order valence-corrected chi connectivity index (χ1v) is 3.46. The van der Waals surface area contributed by atoms with Gasteiger partial charge < -0.3 is 9.47 Å². The van der Waals surface area contributed by atoms with E-state index in [0.717, 1.165) is 11.5 Å². The number of benzene rings is 1. The molecule has 0 aromatic heterocycles. The molecule has 0 heterocycles. The first kappa shape index (κ1) is 8.48. The van der Waals surface area contributed by atoms with E-state index >= 15 is 0 Å². The first-order chi connectivity index (χ1) is 5.86. The molecule has 2 rings (SSSR count). The lowest BCUT2D eigenvalue weighted by Gasteiger charge is -2.00. The highest BCUT2D eigenvalue weighted by Crippen LogP contribution is 2.50. The van der Waals surface area contributed by atoms with E-state index in [4.69, 9.17) is 9.47 Å². The summed E-state index contributed by atoms with van der Waals surface area (Å²) in [6, 6.07) is 4.05. The Bertz CT molecular complexity index is 313.